The number of benzene rings is 1. The molecule has 0 spiro atoms. The summed E-state index contributed by atoms with van der Waals surface area (Å²) in [6.07, 6.45) is 0. The molecule has 0 aliphatic rings. The first kappa shape index (κ1) is 12.7. The molecule has 0 saturated carbocycles. The Morgan fingerprint density at radius 2 is 2.07 bits per heavy atom. The fourth-order valence-corrected chi connectivity index (χ4v) is 1.97. The fourth-order valence-electron chi connectivity index (χ4n) is 1.44. The first-order valence-corrected chi connectivity index (χ1v) is 5.87. The first-order valence-electron chi connectivity index (χ1n) is 5.08. The molecule has 0 radical (unpaired) electrons. The van der Waals surface area contributed by atoms with Crippen molar-refractivity contribution in [2.24, 2.45) is 0 Å². The maximum Gasteiger partial charge on any atom is 0.0497 e. The van der Waals surface area contributed by atoms with Crippen LogP contribution in [0.1, 0.15) is 24.0 Å². The summed E-state index contributed by atoms with van der Waals surface area (Å²) in [6, 6.07) is 6.30. The highest BCUT2D eigenvalue weighted by Crippen LogP contribution is 2.23. The number of aliphatic hydroxyl groups is 1. The molecule has 0 aliphatic heterocycles. The van der Waals surface area contributed by atoms with E-state index in [2.05, 4.69) is 53.1 Å². The molecule has 0 aromatic heterocycles. The van der Waals surface area contributed by atoms with Crippen LogP contribution < -0.4 is 0 Å². The second-order valence-electron chi connectivity index (χ2n) is 4.17. The van der Waals surface area contributed by atoms with Crippen LogP contribution in [0.5, 0.6) is 0 Å². The number of halogens is 1. The standard InChI is InChI=1S/C12H18BrNO/c1-9(8-15)10-4-5-11(7-14(2)3)12(13)6-10/h4-6,9,15H,7-8H2,1-3H3. The van der Waals surface area contributed by atoms with E-state index < -0.39 is 0 Å². The number of nitrogens with zero attached hydrogens (tertiary/aromatic N) is 1. The largest absolute Gasteiger partial charge is 0.396 e. The summed E-state index contributed by atoms with van der Waals surface area (Å²) in [6.45, 7) is 3.14. The molecule has 1 atom stereocenters. The molecule has 0 amide bonds. The molecule has 0 aliphatic carbocycles. The monoisotopic (exact) mass is 271 g/mol. The average molecular weight is 272 g/mol. The highest BCUT2D eigenvalue weighted by Gasteiger charge is 2.07. The lowest BCUT2D eigenvalue weighted by atomic mass is 10.0. The van der Waals surface area contributed by atoms with E-state index in [-0.39, 0.29) is 12.5 Å². The zero-order valence-electron chi connectivity index (χ0n) is 9.50. The molecule has 15 heavy (non-hydrogen) atoms. The van der Waals surface area contributed by atoms with Gasteiger partial charge in [-0.15, -0.1) is 0 Å². The summed E-state index contributed by atoms with van der Waals surface area (Å²) in [5, 5.41) is 9.07. The Labute approximate surface area is 100 Å². The maximum atomic E-state index is 9.07. The van der Waals surface area contributed by atoms with Crippen molar-refractivity contribution in [3.05, 3.63) is 33.8 Å². The lowest BCUT2D eigenvalue weighted by molar-refractivity contribution is 0.273. The first-order chi connectivity index (χ1) is 7.04. The highest BCUT2D eigenvalue weighted by atomic mass is 79.9. The molecule has 1 aromatic carbocycles. The van der Waals surface area contributed by atoms with Gasteiger partial charge in [0.05, 0.1) is 0 Å². The van der Waals surface area contributed by atoms with Crippen LogP contribution in [0, 0.1) is 0 Å². The normalized spacial score (nSPS) is 13.2. The van der Waals surface area contributed by atoms with Crippen LogP contribution in [0.3, 0.4) is 0 Å². The Morgan fingerprint density at radius 3 is 2.53 bits per heavy atom. The van der Waals surface area contributed by atoms with Gasteiger partial charge in [-0.2, -0.15) is 0 Å². The van der Waals surface area contributed by atoms with Crippen LogP contribution in [-0.4, -0.2) is 30.7 Å². The van der Waals surface area contributed by atoms with Gasteiger partial charge >= 0.3 is 0 Å². The third kappa shape index (κ3) is 3.59. The molecule has 0 saturated heterocycles. The fraction of sp³-hybridized carbons (Fsp3) is 0.500. The van der Waals surface area contributed by atoms with Crippen molar-refractivity contribution in [1.82, 2.24) is 4.90 Å². The summed E-state index contributed by atoms with van der Waals surface area (Å²) in [7, 11) is 4.10. The predicted molar refractivity (Wildman–Crippen MR) is 67.0 cm³/mol. The van der Waals surface area contributed by atoms with Crippen molar-refractivity contribution >= 4 is 15.9 Å². The van der Waals surface area contributed by atoms with Gasteiger partial charge in [-0.25, -0.2) is 0 Å². The second-order valence-corrected chi connectivity index (χ2v) is 5.03. The van der Waals surface area contributed by atoms with Gasteiger partial charge in [-0.05, 0) is 31.3 Å². The van der Waals surface area contributed by atoms with Crippen LogP contribution in [0.15, 0.2) is 22.7 Å². The van der Waals surface area contributed by atoms with Gasteiger partial charge < -0.3 is 10.0 Å². The summed E-state index contributed by atoms with van der Waals surface area (Å²) < 4.78 is 1.12. The van der Waals surface area contributed by atoms with Gasteiger partial charge in [-0.3, -0.25) is 0 Å². The van der Waals surface area contributed by atoms with E-state index in [1.54, 1.807) is 0 Å². The molecule has 1 N–H and O–H groups in total. The minimum absolute atomic E-state index is 0.194. The Morgan fingerprint density at radius 1 is 1.40 bits per heavy atom. The van der Waals surface area contributed by atoms with Crippen LogP contribution in [0.4, 0.5) is 0 Å². The van der Waals surface area contributed by atoms with E-state index in [0.29, 0.717) is 0 Å². The number of hydrogen-bond donors (Lipinski definition) is 1. The lowest BCUT2D eigenvalue weighted by Crippen LogP contribution is -2.11. The molecule has 0 bridgehead atoms. The van der Waals surface area contributed by atoms with E-state index in [0.717, 1.165) is 11.0 Å². The Bertz CT molecular complexity index is 325. The van der Waals surface area contributed by atoms with Crippen LogP contribution in [0.25, 0.3) is 0 Å². The number of aliphatic hydroxyl groups excluding tert-OH is 1. The Balaban J connectivity index is 2.88. The van der Waals surface area contributed by atoms with Crippen molar-refractivity contribution < 1.29 is 5.11 Å². The number of hydrogen-bond acceptors (Lipinski definition) is 2. The second kappa shape index (κ2) is 5.64. The van der Waals surface area contributed by atoms with E-state index >= 15 is 0 Å². The zero-order chi connectivity index (χ0) is 11.4. The maximum absolute atomic E-state index is 9.07. The van der Waals surface area contributed by atoms with E-state index in [1.165, 1.54) is 11.1 Å². The average Bonchev–Trinajstić information content (AvgIpc) is 2.19. The van der Waals surface area contributed by atoms with E-state index in [9.17, 15) is 0 Å². The van der Waals surface area contributed by atoms with Crippen molar-refractivity contribution in [1.29, 1.82) is 0 Å². The molecule has 0 heterocycles. The van der Waals surface area contributed by atoms with E-state index in [1.807, 2.05) is 6.92 Å². The van der Waals surface area contributed by atoms with Crippen molar-refractivity contribution in [2.45, 2.75) is 19.4 Å². The minimum atomic E-state index is 0.194. The third-order valence-corrected chi connectivity index (χ3v) is 3.14. The SMILES string of the molecule is CC(CO)c1ccc(CN(C)C)c(Br)c1. The summed E-state index contributed by atoms with van der Waals surface area (Å²) in [5.41, 5.74) is 2.45. The molecule has 1 unspecified atom stereocenters. The molecule has 1 aromatic rings. The summed E-state index contributed by atoms with van der Waals surface area (Å²) in [5.74, 6) is 0.203. The number of rotatable bonds is 4. The molecular formula is C12H18BrNO. The van der Waals surface area contributed by atoms with Gasteiger partial charge in [-0.1, -0.05) is 35.0 Å². The zero-order valence-corrected chi connectivity index (χ0v) is 11.1. The molecular weight excluding hydrogens is 254 g/mol. The molecule has 84 valence electrons. The predicted octanol–water partition coefficient (Wildman–Crippen LogP) is 2.61. The quantitative estimate of drug-likeness (QED) is 0.910. The van der Waals surface area contributed by atoms with Gasteiger partial charge in [0, 0.05) is 23.5 Å². The molecule has 1 rings (SSSR count). The molecule has 0 fully saturated rings. The van der Waals surface area contributed by atoms with Gasteiger partial charge in [0.2, 0.25) is 0 Å². The molecule has 2 nitrogen and oxygen atoms in total. The summed E-state index contributed by atoms with van der Waals surface area (Å²) in [4.78, 5) is 2.13. The summed E-state index contributed by atoms with van der Waals surface area (Å²) >= 11 is 3.56. The van der Waals surface area contributed by atoms with Crippen molar-refractivity contribution in [3.8, 4) is 0 Å². The Hall–Kier alpha value is -0.380. The van der Waals surface area contributed by atoms with Crippen LogP contribution >= 0.6 is 15.9 Å². The van der Waals surface area contributed by atoms with Gasteiger partial charge in [0.15, 0.2) is 0 Å². The van der Waals surface area contributed by atoms with Crippen molar-refractivity contribution in [3.63, 3.8) is 0 Å². The Kier molecular flexibility index (Phi) is 4.77. The minimum Gasteiger partial charge on any atom is -0.396 e. The van der Waals surface area contributed by atoms with Gasteiger partial charge in [0.25, 0.3) is 0 Å². The van der Waals surface area contributed by atoms with E-state index in [4.69, 9.17) is 5.11 Å². The third-order valence-electron chi connectivity index (χ3n) is 2.41. The topological polar surface area (TPSA) is 23.5 Å². The lowest BCUT2D eigenvalue weighted by Gasteiger charge is -2.14. The van der Waals surface area contributed by atoms with Gasteiger partial charge in [0.1, 0.15) is 0 Å². The highest BCUT2D eigenvalue weighted by molar-refractivity contribution is 9.10. The molecule has 3 heteroatoms. The smallest absolute Gasteiger partial charge is 0.0497 e. The van der Waals surface area contributed by atoms with Crippen LogP contribution in [0.2, 0.25) is 0 Å². The van der Waals surface area contributed by atoms with Crippen LogP contribution in [-0.2, 0) is 6.54 Å². The van der Waals surface area contributed by atoms with Crippen molar-refractivity contribution in [2.75, 3.05) is 20.7 Å².